The molecule has 31 heavy (non-hydrogen) atoms. The Hall–Kier alpha value is -3.09. The van der Waals surface area contributed by atoms with Gasteiger partial charge in [-0.25, -0.2) is 0 Å². The highest BCUT2D eigenvalue weighted by atomic mass is 35.5. The molecule has 0 fully saturated rings. The van der Waals surface area contributed by atoms with Gasteiger partial charge in [-0.3, -0.25) is 14.3 Å². The van der Waals surface area contributed by atoms with E-state index in [4.69, 9.17) is 9.15 Å². The molecule has 1 aromatic carbocycles. The van der Waals surface area contributed by atoms with E-state index in [1.807, 2.05) is 37.3 Å². The molecule has 0 aliphatic carbocycles. The van der Waals surface area contributed by atoms with Crippen molar-refractivity contribution in [1.82, 2.24) is 14.9 Å². The molecule has 0 bridgehead atoms. The zero-order chi connectivity index (χ0) is 20.5. The van der Waals surface area contributed by atoms with Crippen LogP contribution in [0.3, 0.4) is 0 Å². The van der Waals surface area contributed by atoms with E-state index in [9.17, 15) is 4.79 Å². The lowest BCUT2D eigenvalue weighted by molar-refractivity contribution is 0.304. The van der Waals surface area contributed by atoms with E-state index in [2.05, 4.69) is 10.3 Å². The maximum absolute atomic E-state index is 12.7. The SMILES string of the molecule is Cc1ccc(COc2ccn(-c3ccc4c5c(oc4c3)CCCNC5)c(=O)c2)cn1.Cl. The summed E-state index contributed by atoms with van der Waals surface area (Å²) in [6.45, 7) is 4.14. The van der Waals surface area contributed by atoms with Crippen LogP contribution in [-0.2, 0) is 19.6 Å². The highest BCUT2D eigenvalue weighted by molar-refractivity contribution is 5.85. The number of hydrogen-bond donors (Lipinski definition) is 1. The molecule has 0 atom stereocenters. The number of hydrogen-bond acceptors (Lipinski definition) is 5. The topological polar surface area (TPSA) is 69.3 Å². The Bertz CT molecular complexity index is 1260. The first-order valence-corrected chi connectivity index (χ1v) is 10.2. The van der Waals surface area contributed by atoms with Gasteiger partial charge in [-0.2, -0.15) is 0 Å². The number of nitrogens with one attached hydrogen (secondary N) is 1. The predicted octanol–water partition coefficient (Wildman–Crippen LogP) is 4.32. The van der Waals surface area contributed by atoms with Crippen LogP contribution < -0.4 is 15.6 Å². The van der Waals surface area contributed by atoms with Crippen LogP contribution in [-0.4, -0.2) is 16.1 Å². The van der Waals surface area contributed by atoms with Crippen LogP contribution in [0.1, 0.15) is 29.0 Å². The largest absolute Gasteiger partial charge is 0.489 e. The van der Waals surface area contributed by atoms with Crippen molar-refractivity contribution in [3.05, 3.63) is 87.8 Å². The number of furan rings is 1. The molecule has 6 nitrogen and oxygen atoms in total. The zero-order valence-corrected chi connectivity index (χ0v) is 18.1. The summed E-state index contributed by atoms with van der Waals surface area (Å²) in [4.78, 5) is 17.0. The smallest absolute Gasteiger partial charge is 0.258 e. The van der Waals surface area contributed by atoms with Crippen LogP contribution in [0.4, 0.5) is 0 Å². The summed E-state index contributed by atoms with van der Waals surface area (Å²) in [7, 11) is 0. The summed E-state index contributed by atoms with van der Waals surface area (Å²) in [5.41, 5.74) is 4.60. The van der Waals surface area contributed by atoms with Gasteiger partial charge < -0.3 is 14.5 Å². The predicted molar refractivity (Wildman–Crippen MR) is 122 cm³/mol. The highest BCUT2D eigenvalue weighted by Crippen LogP contribution is 2.29. The summed E-state index contributed by atoms with van der Waals surface area (Å²) in [6, 6.07) is 13.2. The molecule has 4 aromatic rings. The van der Waals surface area contributed by atoms with E-state index in [1.165, 1.54) is 11.6 Å². The van der Waals surface area contributed by atoms with Gasteiger partial charge in [0, 0.05) is 59.7 Å². The van der Waals surface area contributed by atoms with Crippen LogP contribution in [0.25, 0.3) is 16.7 Å². The minimum Gasteiger partial charge on any atom is -0.489 e. The molecular formula is C24H24ClN3O3. The lowest BCUT2D eigenvalue weighted by atomic mass is 10.1. The van der Waals surface area contributed by atoms with E-state index in [-0.39, 0.29) is 18.0 Å². The van der Waals surface area contributed by atoms with Crippen LogP contribution in [0.15, 0.2) is 64.1 Å². The maximum atomic E-state index is 12.7. The molecule has 0 unspecified atom stereocenters. The summed E-state index contributed by atoms with van der Waals surface area (Å²) < 4.78 is 13.5. The van der Waals surface area contributed by atoms with Crippen LogP contribution in [0.5, 0.6) is 5.75 Å². The second-order valence-electron chi connectivity index (χ2n) is 7.63. The van der Waals surface area contributed by atoms with Crippen LogP contribution >= 0.6 is 12.4 Å². The first-order valence-electron chi connectivity index (χ1n) is 10.2. The van der Waals surface area contributed by atoms with Crippen molar-refractivity contribution < 1.29 is 9.15 Å². The lowest BCUT2D eigenvalue weighted by Gasteiger charge is -2.09. The van der Waals surface area contributed by atoms with Gasteiger partial charge in [0.25, 0.3) is 5.56 Å². The number of pyridine rings is 2. The number of rotatable bonds is 4. The second kappa shape index (κ2) is 8.96. The number of aryl methyl sites for hydroxylation is 2. The summed E-state index contributed by atoms with van der Waals surface area (Å²) in [6.07, 6.45) is 5.53. The first-order chi connectivity index (χ1) is 14.7. The highest BCUT2D eigenvalue weighted by Gasteiger charge is 2.17. The molecule has 0 amide bonds. The number of aromatic nitrogens is 2. The van der Waals surface area contributed by atoms with E-state index in [0.717, 1.165) is 59.6 Å². The molecule has 0 spiro atoms. The van der Waals surface area contributed by atoms with E-state index >= 15 is 0 Å². The van der Waals surface area contributed by atoms with Crippen molar-refractivity contribution in [2.75, 3.05) is 6.54 Å². The van der Waals surface area contributed by atoms with E-state index in [1.54, 1.807) is 23.0 Å². The van der Waals surface area contributed by atoms with Crippen molar-refractivity contribution in [2.45, 2.75) is 32.9 Å². The number of benzene rings is 1. The standard InChI is InChI=1S/C24H23N3O3.ClH/c1-16-4-5-17(13-26-16)15-29-19-8-10-27(24(28)12-19)18-6-7-20-21-14-25-9-2-3-22(21)30-23(20)11-18;/h4-8,10-13,25H,2-3,9,14-15H2,1H3;1H. The van der Waals surface area contributed by atoms with Crippen molar-refractivity contribution in [3.8, 4) is 11.4 Å². The summed E-state index contributed by atoms with van der Waals surface area (Å²) >= 11 is 0. The molecule has 4 heterocycles. The average molecular weight is 438 g/mol. The molecule has 3 aromatic heterocycles. The Labute approximate surface area is 186 Å². The zero-order valence-electron chi connectivity index (χ0n) is 17.3. The van der Waals surface area contributed by atoms with Gasteiger partial charge in [-0.15, -0.1) is 12.4 Å². The van der Waals surface area contributed by atoms with Crippen LogP contribution in [0, 0.1) is 6.92 Å². The van der Waals surface area contributed by atoms with Crippen molar-refractivity contribution in [2.24, 2.45) is 0 Å². The van der Waals surface area contributed by atoms with Gasteiger partial charge in [0.1, 0.15) is 23.7 Å². The Morgan fingerprint density at radius 1 is 1.19 bits per heavy atom. The van der Waals surface area contributed by atoms with Gasteiger partial charge in [0.05, 0.1) is 5.69 Å². The first kappa shape index (κ1) is 21.2. The fraction of sp³-hybridized carbons (Fsp3) is 0.250. The Balaban J connectivity index is 0.00000231. The minimum absolute atomic E-state index is 0. The molecule has 0 saturated carbocycles. The molecule has 0 radical (unpaired) electrons. The molecule has 7 heteroatoms. The van der Waals surface area contributed by atoms with Gasteiger partial charge in [-0.05, 0) is 44.2 Å². The maximum Gasteiger partial charge on any atom is 0.258 e. The quantitative estimate of drug-likeness (QED) is 0.514. The Morgan fingerprint density at radius 2 is 2.10 bits per heavy atom. The second-order valence-corrected chi connectivity index (χ2v) is 7.63. The number of nitrogens with zero attached hydrogens (tertiary/aromatic N) is 2. The average Bonchev–Trinajstić information content (AvgIpc) is 2.93. The van der Waals surface area contributed by atoms with Crippen LogP contribution in [0.2, 0.25) is 0 Å². The Morgan fingerprint density at radius 3 is 2.90 bits per heavy atom. The van der Waals surface area contributed by atoms with Gasteiger partial charge in [0.15, 0.2) is 0 Å². The summed E-state index contributed by atoms with van der Waals surface area (Å²) in [5, 5.41) is 4.55. The van der Waals surface area contributed by atoms with Gasteiger partial charge >= 0.3 is 0 Å². The molecule has 1 N–H and O–H groups in total. The lowest BCUT2D eigenvalue weighted by Crippen LogP contribution is -2.16. The third-order valence-electron chi connectivity index (χ3n) is 5.47. The van der Waals surface area contributed by atoms with Gasteiger partial charge in [-0.1, -0.05) is 6.07 Å². The molecular weight excluding hydrogens is 414 g/mol. The van der Waals surface area contributed by atoms with E-state index in [0.29, 0.717) is 12.4 Å². The van der Waals surface area contributed by atoms with Crippen molar-refractivity contribution >= 4 is 23.4 Å². The third-order valence-corrected chi connectivity index (χ3v) is 5.47. The molecule has 160 valence electrons. The van der Waals surface area contributed by atoms with Crippen molar-refractivity contribution in [1.29, 1.82) is 0 Å². The minimum atomic E-state index is -0.149. The molecule has 5 rings (SSSR count). The van der Waals surface area contributed by atoms with Gasteiger partial charge in [0.2, 0.25) is 0 Å². The third kappa shape index (κ3) is 4.36. The molecule has 1 aliphatic heterocycles. The monoisotopic (exact) mass is 437 g/mol. The number of halogens is 1. The molecule has 1 aliphatic rings. The fourth-order valence-electron chi connectivity index (χ4n) is 3.84. The number of fused-ring (bicyclic) bond motifs is 3. The normalized spacial score (nSPS) is 13.3. The van der Waals surface area contributed by atoms with E-state index < -0.39 is 0 Å². The van der Waals surface area contributed by atoms with Crippen molar-refractivity contribution in [3.63, 3.8) is 0 Å². The number of ether oxygens (including phenoxy) is 1. The Kier molecular flexibility index (Phi) is 6.11. The summed E-state index contributed by atoms with van der Waals surface area (Å²) in [5.74, 6) is 1.59. The fourth-order valence-corrected chi connectivity index (χ4v) is 3.84. The molecule has 0 saturated heterocycles.